The van der Waals surface area contributed by atoms with Crippen molar-refractivity contribution in [3.8, 4) is 5.75 Å². The van der Waals surface area contributed by atoms with E-state index in [-0.39, 0.29) is 5.97 Å². The van der Waals surface area contributed by atoms with Crippen LogP contribution in [0.25, 0.3) is 21.7 Å². The standard InChI is InChI=1S/C23H27NO3/c1-4-27-23(25)21-15(2)24(16-10-6-5-7-11-16)22-18-13-9-8-12-17(18)20(26-3)14-19(21)22/h8-9,12-14,16H,4-7,10-11H2,1-3H3. The van der Waals surface area contributed by atoms with Crippen LogP contribution in [0.15, 0.2) is 30.3 Å². The van der Waals surface area contributed by atoms with Gasteiger partial charge in [-0.1, -0.05) is 43.5 Å². The van der Waals surface area contributed by atoms with Crippen LogP contribution in [0.4, 0.5) is 0 Å². The molecule has 0 spiro atoms. The summed E-state index contributed by atoms with van der Waals surface area (Å²) in [4.78, 5) is 12.8. The van der Waals surface area contributed by atoms with E-state index in [9.17, 15) is 4.79 Å². The maximum absolute atomic E-state index is 12.8. The van der Waals surface area contributed by atoms with Crippen molar-refractivity contribution in [2.24, 2.45) is 0 Å². The van der Waals surface area contributed by atoms with Gasteiger partial charge in [0.15, 0.2) is 0 Å². The van der Waals surface area contributed by atoms with Crippen LogP contribution in [0.5, 0.6) is 5.75 Å². The van der Waals surface area contributed by atoms with E-state index in [1.807, 2.05) is 19.1 Å². The molecule has 0 radical (unpaired) electrons. The first-order valence-electron chi connectivity index (χ1n) is 9.94. The molecule has 1 fully saturated rings. The molecule has 1 saturated carbocycles. The molecule has 0 amide bonds. The lowest BCUT2D eigenvalue weighted by molar-refractivity contribution is 0.0527. The maximum atomic E-state index is 12.8. The summed E-state index contributed by atoms with van der Waals surface area (Å²) in [6.45, 7) is 4.28. The lowest BCUT2D eigenvalue weighted by Gasteiger charge is -2.26. The van der Waals surface area contributed by atoms with Gasteiger partial charge in [0.25, 0.3) is 0 Å². The zero-order valence-electron chi connectivity index (χ0n) is 16.4. The van der Waals surface area contributed by atoms with Crippen LogP contribution in [0.1, 0.15) is 61.1 Å². The van der Waals surface area contributed by atoms with Crippen molar-refractivity contribution in [2.45, 2.75) is 52.0 Å². The lowest BCUT2D eigenvalue weighted by atomic mass is 9.94. The molecule has 2 aromatic carbocycles. The second-order valence-corrected chi connectivity index (χ2v) is 7.36. The van der Waals surface area contributed by atoms with Crippen molar-refractivity contribution in [1.29, 1.82) is 0 Å². The molecule has 3 aromatic rings. The quantitative estimate of drug-likeness (QED) is 0.549. The molecule has 1 aliphatic rings. The first-order chi connectivity index (χ1) is 13.2. The summed E-state index contributed by atoms with van der Waals surface area (Å²) in [5.74, 6) is 0.552. The summed E-state index contributed by atoms with van der Waals surface area (Å²) in [6.07, 6.45) is 6.10. The van der Waals surface area contributed by atoms with Crippen molar-refractivity contribution < 1.29 is 14.3 Å². The molecule has 4 nitrogen and oxygen atoms in total. The van der Waals surface area contributed by atoms with Gasteiger partial charge in [-0.15, -0.1) is 0 Å². The largest absolute Gasteiger partial charge is 0.496 e. The predicted molar refractivity (Wildman–Crippen MR) is 109 cm³/mol. The number of aromatic nitrogens is 1. The number of fused-ring (bicyclic) bond motifs is 3. The van der Waals surface area contributed by atoms with E-state index in [4.69, 9.17) is 9.47 Å². The average molecular weight is 365 g/mol. The van der Waals surface area contributed by atoms with E-state index in [0.717, 1.165) is 46.0 Å². The van der Waals surface area contributed by atoms with Crippen LogP contribution in [-0.4, -0.2) is 24.3 Å². The fraction of sp³-hybridized carbons (Fsp3) is 0.435. The molecule has 0 saturated heterocycles. The van der Waals surface area contributed by atoms with Gasteiger partial charge < -0.3 is 14.0 Å². The summed E-state index contributed by atoms with van der Waals surface area (Å²) in [5.41, 5.74) is 2.83. The second kappa shape index (κ2) is 7.26. The number of ether oxygens (including phenoxy) is 2. The topological polar surface area (TPSA) is 40.5 Å². The molecule has 27 heavy (non-hydrogen) atoms. The predicted octanol–water partition coefficient (Wildman–Crippen LogP) is 5.79. The normalized spacial score (nSPS) is 15.4. The number of rotatable bonds is 4. The van der Waals surface area contributed by atoms with Gasteiger partial charge in [0.1, 0.15) is 5.75 Å². The third-order valence-electron chi connectivity index (χ3n) is 5.85. The molecule has 0 N–H and O–H groups in total. The van der Waals surface area contributed by atoms with Gasteiger partial charge in [0, 0.05) is 27.9 Å². The molecule has 4 rings (SSSR count). The fourth-order valence-corrected chi connectivity index (χ4v) is 4.69. The van der Waals surface area contributed by atoms with Crippen LogP contribution >= 0.6 is 0 Å². The van der Waals surface area contributed by atoms with E-state index in [1.165, 1.54) is 19.3 Å². The van der Waals surface area contributed by atoms with E-state index < -0.39 is 0 Å². The number of esters is 1. The first kappa shape index (κ1) is 17.9. The zero-order valence-corrected chi connectivity index (χ0v) is 16.4. The Hall–Kier alpha value is -2.49. The molecule has 0 aliphatic heterocycles. The minimum absolute atomic E-state index is 0.244. The number of carbonyl (C=O) groups excluding carboxylic acids is 1. The first-order valence-corrected chi connectivity index (χ1v) is 9.94. The van der Waals surface area contributed by atoms with Crippen molar-refractivity contribution in [3.05, 3.63) is 41.6 Å². The van der Waals surface area contributed by atoms with E-state index >= 15 is 0 Å². The monoisotopic (exact) mass is 365 g/mol. The number of methoxy groups -OCH3 is 1. The second-order valence-electron chi connectivity index (χ2n) is 7.36. The third kappa shape index (κ3) is 2.88. The van der Waals surface area contributed by atoms with Gasteiger partial charge in [0.05, 0.1) is 24.8 Å². The Labute approximate surface area is 160 Å². The molecule has 0 bridgehead atoms. The molecular formula is C23H27NO3. The highest BCUT2D eigenvalue weighted by Gasteiger charge is 2.28. The van der Waals surface area contributed by atoms with E-state index in [1.54, 1.807) is 7.11 Å². The lowest BCUT2D eigenvalue weighted by Crippen LogP contribution is -2.15. The highest BCUT2D eigenvalue weighted by Crippen LogP contribution is 2.42. The highest BCUT2D eigenvalue weighted by atomic mass is 16.5. The molecule has 0 atom stereocenters. The number of nitrogens with zero attached hydrogens (tertiary/aromatic N) is 1. The number of hydrogen-bond acceptors (Lipinski definition) is 3. The molecule has 0 unspecified atom stereocenters. The Balaban J connectivity index is 2.10. The number of hydrogen-bond donors (Lipinski definition) is 0. The minimum atomic E-state index is -0.244. The SMILES string of the molecule is CCOC(=O)c1c(C)n(C2CCCCC2)c2c1cc(OC)c1ccccc12. The summed E-state index contributed by atoms with van der Waals surface area (Å²) >= 11 is 0. The van der Waals surface area contributed by atoms with Gasteiger partial charge in [0.2, 0.25) is 0 Å². The van der Waals surface area contributed by atoms with E-state index in [0.29, 0.717) is 18.2 Å². The Morgan fingerprint density at radius 3 is 2.48 bits per heavy atom. The van der Waals surface area contributed by atoms with Crippen LogP contribution in [0.3, 0.4) is 0 Å². The van der Waals surface area contributed by atoms with Crippen LogP contribution in [0, 0.1) is 6.92 Å². The fourth-order valence-electron chi connectivity index (χ4n) is 4.69. The van der Waals surface area contributed by atoms with Crippen molar-refractivity contribution in [3.63, 3.8) is 0 Å². The summed E-state index contributed by atoms with van der Waals surface area (Å²) in [5, 5.41) is 3.15. The molecule has 1 aliphatic carbocycles. The van der Waals surface area contributed by atoms with Crippen molar-refractivity contribution in [1.82, 2.24) is 4.57 Å². The Bertz CT molecular complexity index is 996. The highest BCUT2D eigenvalue weighted by molar-refractivity contribution is 6.16. The summed E-state index contributed by atoms with van der Waals surface area (Å²) in [6, 6.07) is 10.7. The van der Waals surface area contributed by atoms with Crippen molar-refractivity contribution >= 4 is 27.6 Å². The third-order valence-corrected chi connectivity index (χ3v) is 5.85. The Morgan fingerprint density at radius 1 is 1.11 bits per heavy atom. The van der Waals surface area contributed by atoms with Gasteiger partial charge in [-0.05, 0) is 32.8 Å². The molecule has 4 heteroatoms. The molecular weight excluding hydrogens is 338 g/mol. The molecule has 1 aromatic heterocycles. The minimum Gasteiger partial charge on any atom is -0.496 e. The van der Waals surface area contributed by atoms with Gasteiger partial charge in [-0.25, -0.2) is 4.79 Å². The van der Waals surface area contributed by atoms with Gasteiger partial charge >= 0.3 is 5.97 Å². The molecule has 142 valence electrons. The van der Waals surface area contributed by atoms with Gasteiger partial charge in [-0.3, -0.25) is 0 Å². The maximum Gasteiger partial charge on any atom is 0.340 e. The summed E-state index contributed by atoms with van der Waals surface area (Å²) in [7, 11) is 1.68. The average Bonchev–Trinajstić information content (AvgIpc) is 3.00. The number of benzene rings is 2. The van der Waals surface area contributed by atoms with Crippen LogP contribution in [-0.2, 0) is 4.74 Å². The summed E-state index contributed by atoms with van der Waals surface area (Å²) < 4.78 is 13.5. The molecule has 1 heterocycles. The van der Waals surface area contributed by atoms with Crippen LogP contribution in [0.2, 0.25) is 0 Å². The van der Waals surface area contributed by atoms with Gasteiger partial charge in [-0.2, -0.15) is 0 Å². The Kier molecular flexibility index (Phi) is 4.81. The van der Waals surface area contributed by atoms with Crippen LogP contribution < -0.4 is 4.74 Å². The zero-order chi connectivity index (χ0) is 19.0. The van der Waals surface area contributed by atoms with Crippen molar-refractivity contribution in [2.75, 3.05) is 13.7 Å². The Morgan fingerprint density at radius 2 is 1.81 bits per heavy atom. The smallest absolute Gasteiger partial charge is 0.340 e. The van der Waals surface area contributed by atoms with E-state index in [2.05, 4.69) is 29.7 Å². The number of carbonyl (C=O) groups is 1.